The molecule has 1 fully saturated rings. The highest BCUT2D eigenvalue weighted by atomic mass is 32.2. The van der Waals surface area contributed by atoms with E-state index in [1.165, 1.54) is 0 Å². The zero-order valence-electron chi connectivity index (χ0n) is 16.7. The molecule has 3 rings (SSSR count). The minimum absolute atomic E-state index is 0.109. The lowest BCUT2D eigenvalue weighted by atomic mass is 9.74. The molecule has 30 heavy (non-hydrogen) atoms. The maximum absolute atomic E-state index is 14.0. The van der Waals surface area contributed by atoms with Gasteiger partial charge in [0.1, 0.15) is 11.6 Å². The third-order valence-electron chi connectivity index (χ3n) is 5.78. The summed E-state index contributed by atoms with van der Waals surface area (Å²) in [6, 6.07) is 5.15. The Morgan fingerprint density at radius 2 is 1.63 bits per heavy atom. The summed E-state index contributed by atoms with van der Waals surface area (Å²) in [5, 5.41) is 0. The SMILES string of the molecule is CC1(C)CCC(CS(=O)(=O)c2ccc(-c3ccc(F)cc3F)cc2C(F)(F)F)CC1. The minimum atomic E-state index is -4.94. The summed E-state index contributed by atoms with van der Waals surface area (Å²) in [5.41, 5.74) is -1.63. The smallest absolute Gasteiger partial charge is 0.224 e. The lowest BCUT2D eigenvalue weighted by molar-refractivity contribution is -0.139. The van der Waals surface area contributed by atoms with Crippen molar-refractivity contribution in [2.45, 2.75) is 50.6 Å². The molecule has 2 aromatic carbocycles. The van der Waals surface area contributed by atoms with Gasteiger partial charge in [-0.15, -0.1) is 0 Å². The molecule has 0 N–H and O–H groups in total. The van der Waals surface area contributed by atoms with E-state index in [0.717, 1.165) is 37.1 Å². The minimum Gasteiger partial charge on any atom is -0.224 e. The van der Waals surface area contributed by atoms with Gasteiger partial charge < -0.3 is 0 Å². The van der Waals surface area contributed by atoms with E-state index >= 15 is 0 Å². The number of benzene rings is 2. The van der Waals surface area contributed by atoms with Crippen LogP contribution in [0.5, 0.6) is 0 Å². The number of hydrogen-bond donors (Lipinski definition) is 0. The third-order valence-corrected chi connectivity index (χ3v) is 7.71. The predicted octanol–water partition coefficient (Wildman–Crippen LogP) is 6.64. The first-order valence-electron chi connectivity index (χ1n) is 9.68. The maximum Gasteiger partial charge on any atom is 0.417 e. The van der Waals surface area contributed by atoms with Crippen LogP contribution >= 0.6 is 0 Å². The first-order valence-corrected chi connectivity index (χ1v) is 11.3. The normalized spacial score (nSPS) is 17.8. The highest BCUT2D eigenvalue weighted by Gasteiger charge is 2.39. The summed E-state index contributed by atoms with van der Waals surface area (Å²) in [4.78, 5) is -0.800. The summed E-state index contributed by atoms with van der Waals surface area (Å²) >= 11 is 0. The van der Waals surface area contributed by atoms with E-state index in [4.69, 9.17) is 0 Å². The van der Waals surface area contributed by atoms with Crippen LogP contribution < -0.4 is 0 Å². The van der Waals surface area contributed by atoms with Crippen LogP contribution in [0.1, 0.15) is 45.1 Å². The van der Waals surface area contributed by atoms with Crippen LogP contribution in [-0.4, -0.2) is 14.2 Å². The summed E-state index contributed by atoms with van der Waals surface area (Å²) in [7, 11) is -4.20. The van der Waals surface area contributed by atoms with Crippen molar-refractivity contribution in [1.29, 1.82) is 0 Å². The van der Waals surface area contributed by atoms with E-state index < -0.39 is 38.1 Å². The lowest BCUT2D eigenvalue weighted by Gasteiger charge is -2.34. The highest BCUT2D eigenvalue weighted by molar-refractivity contribution is 7.91. The van der Waals surface area contributed by atoms with Gasteiger partial charge in [0, 0.05) is 11.6 Å². The monoisotopic (exact) mass is 446 g/mol. The summed E-state index contributed by atoms with van der Waals surface area (Å²) < 4.78 is 94.0. The van der Waals surface area contributed by atoms with Crippen LogP contribution in [0.3, 0.4) is 0 Å². The number of hydrogen-bond acceptors (Lipinski definition) is 2. The fourth-order valence-corrected chi connectivity index (χ4v) is 5.86. The second kappa shape index (κ2) is 7.94. The van der Waals surface area contributed by atoms with Gasteiger partial charge in [-0.3, -0.25) is 0 Å². The van der Waals surface area contributed by atoms with Gasteiger partial charge in [0.2, 0.25) is 0 Å². The molecule has 0 aliphatic heterocycles. The molecule has 0 amide bonds. The summed E-state index contributed by atoms with van der Waals surface area (Å²) in [6.45, 7) is 4.18. The molecule has 164 valence electrons. The Hall–Kier alpha value is -1.96. The van der Waals surface area contributed by atoms with Crippen molar-refractivity contribution in [3.8, 4) is 11.1 Å². The molecule has 1 aliphatic rings. The van der Waals surface area contributed by atoms with E-state index in [-0.39, 0.29) is 28.2 Å². The molecule has 0 spiro atoms. The molecule has 8 heteroatoms. The van der Waals surface area contributed by atoms with Gasteiger partial charge in [-0.05, 0) is 66.8 Å². The molecule has 0 bridgehead atoms. The number of halogens is 5. The van der Waals surface area contributed by atoms with Crippen LogP contribution in [0.2, 0.25) is 0 Å². The Morgan fingerprint density at radius 3 is 2.20 bits per heavy atom. The zero-order valence-corrected chi connectivity index (χ0v) is 17.5. The summed E-state index contributed by atoms with van der Waals surface area (Å²) in [5.74, 6) is -2.43. The van der Waals surface area contributed by atoms with Gasteiger partial charge in [0.15, 0.2) is 9.84 Å². The fourth-order valence-electron chi connectivity index (χ4n) is 3.94. The number of rotatable bonds is 4. The quantitative estimate of drug-likeness (QED) is 0.494. The Bertz CT molecular complexity index is 1030. The Morgan fingerprint density at radius 1 is 1.00 bits per heavy atom. The number of alkyl halides is 3. The van der Waals surface area contributed by atoms with Gasteiger partial charge in [0.05, 0.1) is 16.2 Å². The van der Waals surface area contributed by atoms with Crippen molar-refractivity contribution < 1.29 is 30.4 Å². The average molecular weight is 446 g/mol. The second-order valence-corrected chi connectivity index (χ2v) is 10.7. The molecule has 0 heterocycles. The van der Waals surface area contributed by atoms with E-state index in [0.29, 0.717) is 25.0 Å². The van der Waals surface area contributed by atoms with Gasteiger partial charge in [0.25, 0.3) is 0 Å². The van der Waals surface area contributed by atoms with Crippen LogP contribution in [-0.2, 0) is 16.0 Å². The van der Waals surface area contributed by atoms with Gasteiger partial charge in [-0.2, -0.15) is 13.2 Å². The van der Waals surface area contributed by atoms with Crippen LogP contribution in [0.15, 0.2) is 41.3 Å². The van der Waals surface area contributed by atoms with Crippen molar-refractivity contribution in [2.24, 2.45) is 11.3 Å². The van der Waals surface area contributed by atoms with Crippen LogP contribution in [0, 0.1) is 23.0 Å². The topological polar surface area (TPSA) is 34.1 Å². The largest absolute Gasteiger partial charge is 0.417 e. The van der Waals surface area contributed by atoms with Gasteiger partial charge >= 0.3 is 6.18 Å². The highest BCUT2D eigenvalue weighted by Crippen LogP contribution is 2.41. The summed E-state index contributed by atoms with van der Waals surface area (Å²) in [6.07, 6.45) is -2.01. The fraction of sp³-hybridized carbons (Fsp3) is 0.455. The van der Waals surface area contributed by atoms with E-state index in [2.05, 4.69) is 13.8 Å². The van der Waals surface area contributed by atoms with Crippen molar-refractivity contribution >= 4 is 9.84 Å². The molecule has 2 nitrogen and oxygen atoms in total. The molecule has 1 saturated carbocycles. The first kappa shape index (κ1) is 22.7. The van der Waals surface area contributed by atoms with Gasteiger partial charge in [-0.1, -0.05) is 19.9 Å². The number of sulfone groups is 1. The molecule has 0 saturated heterocycles. The Labute approximate surface area is 173 Å². The predicted molar refractivity (Wildman–Crippen MR) is 105 cm³/mol. The Kier molecular flexibility index (Phi) is 6.02. The molecule has 2 aromatic rings. The average Bonchev–Trinajstić information content (AvgIpc) is 2.62. The van der Waals surface area contributed by atoms with Crippen LogP contribution in [0.4, 0.5) is 22.0 Å². The van der Waals surface area contributed by atoms with Crippen molar-refractivity contribution in [2.75, 3.05) is 5.75 Å². The van der Waals surface area contributed by atoms with Crippen molar-refractivity contribution in [3.63, 3.8) is 0 Å². The zero-order chi connectivity index (χ0) is 22.3. The first-order chi connectivity index (χ1) is 13.8. The van der Waals surface area contributed by atoms with E-state index in [1.807, 2.05) is 0 Å². The Balaban J connectivity index is 1.98. The second-order valence-electron chi connectivity index (χ2n) is 8.72. The molecule has 0 atom stereocenters. The van der Waals surface area contributed by atoms with Crippen molar-refractivity contribution in [3.05, 3.63) is 53.6 Å². The molecule has 0 radical (unpaired) electrons. The molecule has 0 unspecified atom stereocenters. The molecule has 1 aliphatic carbocycles. The van der Waals surface area contributed by atoms with E-state index in [1.54, 1.807) is 0 Å². The standard InChI is InChI=1S/C22H23F5O2S/c1-21(2)9-7-14(8-10-21)13-30(28,29)20-6-3-15(11-18(20)22(25,26)27)17-5-4-16(23)12-19(17)24/h3-6,11-12,14H,7-10,13H2,1-2H3. The van der Waals surface area contributed by atoms with E-state index in [9.17, 15) is 30.4 Å². The van der Waals surface area contributed by atoms with Crippen LogP contribution in [0.25, 0.3) is 11.1 Å². The maximum atomic E-state index is 14.0. The molecular formula is C22H23F5O2S. The molecular weight excluding hydrogens is 423 g/mol. The molecule has 0 aromatic heterocycles. The van der Waals surface area contributed by atoms with Gasteiger partial charge in [-0.25, -0.2) is 17.2 Å². The van der Waals surface area contributed by atoms with Crippen molar-refractivity contribution in [1.82, 2.24) is 0 Å². The third kappa shape index (κ3) is 5.02. The lowest BCUT2D eigenvalue weighted by Crippen LogP contribution is -2.27.